The van der Waals surface area contributed by atoms with Gasteiger partial charge in [0.2, 0.25) is 0 Å². The highest BCUT2D eigenvalue weighted by Crippen LogP contribution is 2.25. The molecule has 0 atom stereocenters. The summed E-state index contributed by atoms with van der Waals surface area (Å²) in [7, 11) is 0. The van der Waals surface area contributed by atoms with E-state index < -0.39 is 17.7 Å². The Hall–Kier alpha value is -2.74. The fraction of sp³-hybridized carbons (Fsp3) is 0.190. The van der Waals surface area contributed by atoms with Crippen LogP contribution in [0.5, 0.6) is 0 Å². The third kappa shape index (κ3) is 5.70. The van der Waals surface area contributed by atoms with Crippen LogP contribution < -0.4 is 16.1 Å². The monoisotopic (exact) mass is 480 g/mol. The van der Waals surface area contributed by atoms with Gasteiger partial charge in [-0.2, -0.15) is 0 Å². The molecule has 1 aromatic heterocycles. The molecule has 0 bridgehead atoms. The number of nitrogens with one attached hydrogen (secondary N) is 3. The van der Waals surface area contributed by atoms with Crippen LogP contribution in [0.25, 0.3) is 10.9 Å². The topological polar surface area (TPSA) is 92.2 Å². The Morgan fingerprint density at radius 2 is 1.58 bits per heavy atom. The number of benzene rings is 2. The van der Waals surface area contributed by atoms with E-state index in [9.17, 15) is 14.4 Å². The number of hydrogen-bond donors (Lipinski definition) is 3. The molecule has 0 spiro atoms. The Labute approximate surface area is 193 Å². The minimum atomic E-state index is -0.909. The van der Waals surface area contributed by atoms with Crippen molar-refractivity contribution in [2.24, 2.45) is 5.92 Å². The second-order valence-electron chi connectivity index (χ2n) is 7.23. The maximum atomic E-state index is 13.0. The minimum absolute atomic E-state index is 0.0818. The van der Waals surface area contributed by atoms with Crippen LogP contribution >= 0.6 is 34.8 Å². The van der Waals surface area contributed by atoms with Crippen LogP contribution in [-0.2, 0) is 9.59 Å². The minimum Gasteiger partial charge on any atom is -0.348 e. The van der Waals surface area contributed by atoms with Crippen molar-refractivity contribution in [3.63, 3.8) is 0 Å². The highest BCUT2D eigenvalue weighted by molar-refractivity contribution is 6.38. The lowest BCUT2D eigenvalue weighted by molar-refractivity contribution is -0.136. The van der Waals surface area contributed by atoms with E-state index in [0.717, 1.165) is 0 Å². The first-order valence-corrected chi connectivity index (χ1v) is 10.4. The number of carbonyl (C=O) groups is 3. The summed E-state index contributed by atoms with van der Waals surface area (Å²) >= 11 is 18.0. The summed E-state index contributed by atoms with van der Waals surface area (Å²) < 4.78 is 1.24. The predicted molar refractivity (Wildman–Crippen MR) is 124 cm³/mol. The number of amides is 3. The van der Waals surface area contributed by atoms with Crippen LogP contribution in [0.3, 0.4) is 0 Å². The van der Waals surface area contributed by atoms with Gasteiger partial charge in [-0.1, -0.05) is 48.7 Å². The average molecular weight is 482 g/mol. The third-order valence-electron chi connectivity index (χ3n) is 4.21. The van der Waals surface area contributed by atoms with Gasteiger partial charge < -0.3 is 10.6 Å². The molecule has 0 fully saturated rings. The Kier molecular flexibility index (Phi) is 7.10. The van der Waals surface area contributed by atoms with Crippen LogP contribution in [0.4, 0.5) is 5.69 Å². The number of rotatable bonds is 5. The van der Waals surface area contributed by atoms with Crippen molar-refractivity contribution in [1.82, 2.24) is 9.99 Å². The molecule has 3 amide bonds. The SMILES string of the molecule is CC(C)CNC(=O)C(=O)Nn1c(C(=O)Nc2cc(Cl)cc(Cl)c2)cc2cc(Cl)ccc21. The van der Waals surface area contributed by atoms with Gasteiger partial charge in [-0.3, -0.25) is 19.8 Å². The fourth-order valence-electron chi connectivity index (χ4n) is 2.82. The van der Waals surface area contributed by atoms with E-state index in [2.05, 4.69) is 16.1 Å². The van der Waals surface area contributed by atoms with Crippen molar-refractivity contribution < 1.29 is 14.4 Å². The van der Waals surface area contributed by atoms with Gasteiger partial charge in [-0.05, 0) is 48.4 Å². The Balaban J connectivity index is 1.94. The van der Waals surface area contributed by atoms with Crippen LogP contribution in [0.15, 0.2) is 42.5 Å². The van der Waals surface area contributed by atoms with E-state index in [4.69, 9.17) is 34.8 Å². The Morgan fingerprint density at radius 1 is 0.903 bits per heavy atom. The van der Waals surface area contributed by atoms with E-state index in [0.29, 0.717) is 38.2 Å². The summed E-state index contributed by atoms with van der Waals surface area (Å²) in [6, 6.07) is 11.1. The van der Waals surface area contributed by atoms with E-state index in [1.165, 1.54) is 22.9 Å². The van der Waals surface area contributed by atoms with Gasteiger partial charge in [0, 0.05) is 32.7 Å². The van der Waals surface area contributed by atoms with Crippen molar-refractivity contribution in [1.29, 1.82) is 0 Å². The number of carbonyl (C=O) groups excluding carboxylic acids is 3. The van der Waals surface area contributed by atoms with Gasteiger partial charge in [0.25, 0.3) is 5.91 Å². The zero-order valence-electron chi connectivity index (χ0n) is 16.6. The lowest BCUT2D eigenvalue weighted by Gasteiger charge is -2.13. The quantitative estimate of drug-likeness (QED) is 0.461. The van der Waals surface area contributed by atoms with Crippen LogP contribution in [0.1, 0.15) is 24.3 Å². The second kappa shape index (κ2) is 9.60. The number of nitrogens with zero attached hydrogens (tertiary/aromatic N) is 1. The molecule has 0 saturated carbocycles. The maximum absolute atomic E-state index is 13.0. The summed E-state index contributed by atoms with van der Waals surface area (Å²) in [4.78, 5) is 37.5. The lowest BCUT2D eigenvalue weighted by atomic mass is 10.2. The van der Waals surface area contributed by atoms with Crippen molar-refractivity contribution in [3.05, 3.63) is 63.2 Å². The van der Waals surface area contributed by atoms with Gasteiger partial charge in [0.1, 0.15) is 5.69 Å². The Bertz CT molecular complexity index is 1150. The molecule has 0 saturated heterocycles. The van der Waals surface area contributed by atoms with E-state index in [1.807, 2.05) is 13.8 Å². The van der Waals surface area contributed by atoms with E-state index in [1.54, 1.807) is 24.3 Å². The number of hydrogen-bond acceptors (Lipinski definition) is 3. The van der Waals surface area contributed by atoms with Crippen LogP contribution in [0.2, 0.25) is 15.1 Å². The normalized spacial score (nSPS) is 10.9. The smallest absolute Gasteiger partial charge is 0.328 e. The van der Waals surface area contributed by atoms with Crippen molar-refractivity contribution >= 4 is 69.1 Å². The van der Waals surface area contributed by atoms with Crippen molar-refractivity contribution in [2.75, 3.05) is 17.3 Å². The molecule has 0 unspecified atom stereocenters. The van der Waals surface area contributed by atoms with Gasteiger partial charge in [0.05, 0.1) is 5.52 Å². The molecular weight excluding hydrogens is 463 g/mol. The largest absolute Gasteiger partial charge is 0.348 e. The third-order valence-corrected chi connectivity index (χ3v) is 4.88. The maximum Gasteiger partial charge on any atom is 0.328 e. The summed E-state index contributed by atoms with van der Waals surface area (Å²) in [5.41, 5.74) is 3.42. The highest BCUT2D eigenvalue weighted by Gasteiger charge is 2.21. The van der Waals surface area contributed by atoms with E-state index >= 15 is 0 Å². The summed E-state index contributed by atoms with van der Waals surface area (Å²) in [6.07, 6.45) is 0. The second-order valence-corrected chi connectivity index (χ2v) is 8.53. The van der Waals surface area contributed by atoms with Gasteiger partial charge in [-0.25, -0.2) is 4.68 Å². The number of halogens is 3. The molecule has 162 valence electrons. The number of anilines is 1. The van der Waals surface area contributed by atoms with Gasteiger partial charge in [-0.15, -0.1) is 0 Å². The first-order chi connectivity index (χ1) is 14.6. The molecule has 0 radical (unpaired) electrons. The molecule has 3 rings (SSSR count). The molecule has 3 N–H and O–H groups in total. The molecule has 31 heavy (non-hydrogen) atoms. The predicted octanol–water partition coefficient (Wildman–Crippen LogP) is 4.70. The zero-order valence-corrected chi connectivity index (χ0v) is 18.9. The fourth-order valence-corrected chi connectivity index (χ4v) is 3.53. The summed E-state index contributed by atoms with van der Waals surface area (Å²) in [5.74, 6) is -2.09. The average Bonchev–Trinajstić information content (AvgIpc) is 3.02. The van der Waals surface area contributed by atoms with E-state index in [-0.39, 0.29) is 11.6 Å². The van der Waals surface area contributed by atoms with Crippen LogP contribution in [0, 0.1) is 5.92 Å². The first-order valence-electron chi connectivity index (χ1n) is 9.31. The molecule has 0 aliphatic heterocycles. The molecule has 10 heteroatoms. The summed E-state index contributed by atoms with van der Waals surface area (Å²) in [5, 5.41) is 6.99. The lowest BCUT2D eigenvalue weighted by Crippen LogP contribution is -2.41. The molecular formula is C21H19Cl3N4O3. The highest BCUT2D eigenvalue weighted by atomic mass is 35.5. The molecule has 1 heterocycles. The van der Waals surface area contributed by atoms with Gasteiger partial charge in [0.15, 0.2) is 0 Å². The van der Waals surface area contributed by atoms with Crippen LogP contribution in [-0.4, -0.2) is 28.9 Å². The van der Waals surface area contributed by atoms with Crippen molar-refractivity contribution in [2.45, 2.75) is 13.8 Å². The molecule has 0 aliphatic rings. The Morgan fingerprint density at radius 3 is 2.23 bits per heavy atom. The molecule has 0 aliphatic carbocycles. The zero-order chi connectivity index (χ0) is 22.7. The first kappa shape index (κ1) is 22.9. The number of aromatic nitrogens is 1. The van der Waals surface area contributed by atoms with Gasteiger partial charge >= 0.3 is 11.8 Å². The van der Waals surface area contributed by atoms with Crippen molar-refractivity contribution in [3.8, 4) is 0 Å². The number of fused-ring (bicyclic) bond motifs is 1. The molecule has 2 aromatic carbocycles. The molecule has 3 aromatic rings. The summed E-state index contributed by atoms with van der Waals surface area (Å²) in [6.45, 7) is 4.16. The standard InChI is InChI=1S/C21H19Cl3N4O3/c1-11(2)10-25-20(30)21(31)27-28-17-4-3-13(22)5-12(17)6-18(28)19(29)26-16-8-14(23)7-15(24)9-16/h3-9,11H,10H2,1-2H3,(H,25,30)(H,26,29)(H,27,31). The molecule has 7 nitrogen and oxygen atoms in total.